The minimum atomic E-state index is 0.129. The van der Waals surface area contributed by atoms with Crippen LogP contribution in [0.1, 0.15) is 61.5 Å². The number of nitrogens with zero attached hydrogens (tertiary/aromatic N) is 2. The van der Waals surface area contributed by atoms with Gasteiger partial charge in [0.1, 0.15) is 5.82 Å². The highest BCUT2D eigenvalue weighted by Gasteiger charge is 2.29. The van der Waals surface area contributed by atoms with E-state index in [4.69, 9.17) is 4.98 Å². The van der Waals surface area contributed by atoms with Crippen LogP contribution in [0.4, 0.5) is 0 Å². The molecule has 0 aliphatic carbocycles. The number of aryl methyl sites for hydroxylation is 10. The Morgan fingerprint density at radius 1 is 0.537 bits per heavy atom. The van der Waals surface area contributed by atoms with Gasteiger partial charge in [-0.15, -0.1) is 0 Å². The molecule has 0 aliphatic rings. The molecule has 0 atom stereocenters. The van der Waals surface area contributed by atoms with E-state index in [1.165, 1.54) is 77.8 Å². The van der Waals surface area contributed by atoms with Crippen molar-refractivity contribution in [2.45, 2.75) is 76.2 Å². The molecule has 0 aliphatic heterocycles. The molecule has 0 unspecified atom stereocenters. The van der Waals surface area contributed by atoms with Crippen molar-refractivity contribution in [3.8, 4) is 17.1 Å². The molecule has 5 aromatic rings. The van der Waals surface area contributed by atoms with Crippen LogP contribution in [-0.2, 0) is 0 Å². The zero-order chi connectivity index (χ0) is 29.7. The van der Waals surface area contributed by atoms with E-state index in [1.54, 1.807) is 0 Å². The summed E-state index contributed by atoms with van der Waals surface area (Å²) >= 11 is 0. The van der Waals surface area contributed by atoms with Gasteiger partial charge in [-0.1, -0.05) is 116 Å². The first-order valence-corrected chi connectivity index (χ1v) is 14.8. The second-order valence-corrected chi connectivity index (χ2v) is 12.4. The van der Waals surface area contributed by atoms with Crippen molar-refractivity contribution < 1.29 is 0 Å². The predicted octanol–water partition coefficient (Wildman–Crippen LogP) is 7.45. The van der Waals surface area contributed by atoms with Gasteiger partial charge in [0, 0.05) is 11.3 Å². The summed E-state index contributed by atoms with van der Waals surface area (Å²) in [5, 5.41) is 0. The Morgan fingerprint density at radius 3 is 1.44 bits per heavy atom. The topological polar surface area (TPSA) is 17.8 Å². The zero-order valence-electron chi connectivity index (χ0n) is 26.7. The lowest BCUT2D eigenvalue weighted by atomic mass is 9.34. The summed E-state index contributed by atoms with van der Waals surface area (Å²) in [6, 6.07) is 23.0. The molecule has 2 nitrogen and oxygen atoms in total. The van der Waals surface area contributed by atoms with Gasteiger partial charge >= 0.3 is 0 Å². The van der Waals surface area contributed by atoms with E-state index < -0.39 is 0 Å². The third kappa shape index (κ3) is 5.19. The first kappa shape index (κ1) is 28.7. The fourth-order valence-electron chi connectivity index (χ4n) is 7.23. The minimum absolute atomic E-state index is 0.129. The summed E-state index contributed by atoms with van der Waals surface area (Å²) in [4.78, 5) is 5.16. The fraction of sp³-hybridized carbons (Fsp3) is 0.289. The first-order valence-electron chi connectivity index (χ1n) is 14.8. The Kier molecular flexibility index (Phi) is 7.59. The van der Waals surface area contributed by atoms with E-state index in [2.05, 4.69) is 141 Å². The van der Waals surface area contributed by atoms with Crippen molar-refractivity contribution in [1.82, 2.24) is 9.55 Å². The molecule has 0 saturated heterocycles. The summed E-state index contributed by atoms with van der Waals surface area (Å²) < 4.78 is 2.37. The van der Waals surface area contributed by atoms with Crippen LogP contribution < -0.4 is 16.4 Å². The molecule has 0 bridgehead atoms. The summed E-state index contributed by atoms with van der Waals surface area (Å²) in [5.74, 6) is 1.00. The van der Waals surface area contributed by atoms with Crippen molar-refractivity contribution in [2.24, 2.45) is 0 Å². The van der Waals surface area contributed by atoms with Crippen LogP contribution in [0.5, 0.6) is 0 Å². The Bertz CT molecular complexity index is 1680. The van der Waals surface area contributed by atoms with Gasteiger partial charge in [-0.05, 0) is 87.3 Å². The maximum absolute atomic E-state index is 5.16. The SMILES string of the molecule is Cc1cc(C)c(B(c2cccc(-c3nc(C)c(C)n3-c3c(C)cc(C)cc3C)c2)c2c(C)cc(C)cc2C)c(C)c1. The molecule has 0 N–H and O–H groups in total. The lowest BCUT2D eigenvalue weighted by Gasteiger charge is -2.25. The molecule has 5 rings (SSSR count). The maximum atomic E-state index is 5.16. The highest BCUT2D eigenvalue weighted by Crippen LogP contribution is 2.30. The average molecular weight is 539 g/mol. The van der Waals surface area contributed by atoms with Gasteiger partial charge in [0.05, 0.1) is 11.4 Å². The van der Waals surface area contributed by atoms with E-state index >= 15 is 0 Å². The van der Waals surface area contributed by atoms with Gasteiger partial charge in [-0.3, -0.25) is 4.57 Å². The molecular weight excluding hydrogens is 495 g/mol. The van der Waals surface area contributed by atoms with Crippen LogP contribution in [0, 0.1) is 76.2 Å². The summed E-state index contributed by atoms with van der Waals surface area (Å²) in [6.07, 6.45) is 0. The normalized spacial score (nSPS) is 11.3. The Balaban J connectivity index is 1.79. The van der Waals surface area contributed by atoms with Gasteiger partial charge in [0.25, 0.3) is 0 Å². The average Bonchev–Trinajstić information content (AvgIpc) is 3.15. The number of aromatic nitrogens is 2. The number of hydrogen-bond donors (Lipinski definition) is 0. The molecule has 4 aromatic carbocycles. The van der Waals surface area contributed by atoms with Gasteiger partial charge in [0.2, 0.25) is 6.71 Å². The third-order valence-corrected chi connectivity index (χ3v) is 8.74. The third-order valence-electron chi connectivity index (χ3n) is 8.74. The minimum Gasteiger partial charge on any atom is -0.296 e. The highest BCUT2D eigenvalue weighted by atomic mass is 15.1. The highest BCUT2D eigenvalue weighted by molar-refractivity contribution is 6.96. The van der Waals surface area contributed by atoms with Crippen molar-refractivity contribution >= 4 is 23.1 Å². The number of imidazole rings is 1. The summed E-state index contributed by atoms with van der Waals surface area (Å²) in [7, 11) is 0. The Morgan fingerprint density at radius 2 is 0.976 bits per heavy atom. The molecule has 0 spiro atoms. The van der Waals surface area contributed by atoms with Crippen LogP contribution in [0.2, 0.25) is 0 Å². The molecule has 41 heavy (non-hydrogen) atoms. The summed E-state index contributed by atoms with van der Waals surface area (Å²) in [6.45, 7) is 24.5. The Labute approximate surface area is 247 Å². The van der Waals surface area contributed by atoms with Crippen LogP contribution >= 0.6 is 0 Å². The van der Waals surface area contributed by atoms with Crippen LogP contribution in [0.3, 0.4) is 0 Å². The quantitative estimate of drug-likeness (QED) is 0.213. The van der Waals surface area contributed by atoms with E-state index in [-0.39, 0.29) is 6.71 Å². The summed E-state index contributed by atoms with van der Waals surface area (Å²) in [5.41, 5.74) is 20.6. The molecule has 3 heteroatoms. The molecule has 208 valence electrons. The molecular formula is C38H43BN2. The first-order chi connectivity index (χ1) is 19.4. The smallest absolute Gasteiger partial charge is 0.242 e. The van der Waals surface area contributed by atoms with Gasteiger partial charge in [-0.25, -0.2) is 4.98 Å². The molecule has 1 heterocycles. The van der Waals surface area contributed by atoms with Gasteiger partial charge in [-0.2, -0.15) is 0 Å². The van der Waals surface area contributed by atoms with Crippen LogP contribution in [0.15, 0.2) is 60.7 Å². The molecule has 0 radical (unpaired) electrons. The second kappa shape index (κ2) is 10.9. The van der Waals surface area contributed by atoms with E-state index in [0.717, 1.165) is 17.1 Å². The number of hydrogen-bond acceptors (Lipinski definition) is 1. The van der Waals surface area contributed by atoms with Crippen molar-refractivity contribution in [3.63, 3.8) is 0 Å². The monoisotopic (exact) mass is 538 g/mol. The molecule has 0 saturated carbocycles. The van der Waals surface area contributed by atoms with Gasteiger partial charge in [0.15, 0.2) is 0 Å². The largest absolute Gasteiger partial charge is 0.296 e. The number of rotatable bonds is 5. The van der Waals surface area contributed by atoms with Crippen molar-refractivity contribution in [1.29, 1.82) is 0 Å². The van der Waals surface area contributed by atoms with E-state index in [9.17, 15) is 0 Å². The standard InChI is InChI=1S/C38H43BN2/c1-22-15-25(4)35(26(5)16-22)39(36-27(6)17-23(2)18-28(36)7)34-14-12-13-33(21-34)38-40-31(10)32(11)41(38)37-29(8)19-24(3)20-30(37)9/h12-21H,1-11H3. The molecule has 0 amide bonds. The lowest BCUT2D eigenvalue weighted by molar-refractivity contribution is 0.981. The molecule has 0 fully saturated rings. The zero-order valence-corrected chi connectivity index (χ0v) is 26.7. The van der Waals surface area contributed by atoms with E-state index in [0.29, 0.717) is 0 Å². The predicted molar refractivity (Wildman–Crippen MR) is 179 cm³/mol. The Hall–Kier alpha value is -3.85. The van der Waals surface area contributed by atoms with Crippen LogP contribution in [0.25, 0.3) is 17.1 Å². The fourth-order valence-corrected chi connectivity index (χ4v) is 7.23. The second-order valence-electron chi connectivity index (χ2n) is 12.4. The lowest BCUT2D eigenvalue weighted by Crippen LogP contribution is -2.55. The molecule has 1 aromatic heterocycles. The van der Waals surface area contributed by atoms with Crippen molar-refractivity contribution in [3.05, 3.63) is 122 Å². The van der Waals surface area contributed by atoms with E-state index in [1.807, 2.05) is 0 Å². The maximum Gasteiger partial charge on any atom is 0.242 e. The number of benzene rings is 4. The van der Waals surface area contributed by atoms with Crippen LogP contribution in [-0.4, -0.2) is 16.3 Å². The van der Waals surface area contributed by atoms with Crippen molar-refractivity contribution in [2.75, 3.05) is 0 Å². The van der Waals surface area contributed by atoms with Gasteiger partial charge < -0.3 is 0 Å².